The number of anilines is 1. The zero-order valence-corrected chi connectivity index (χ0v) is 12.8. The van der Waals surface area contributed by atoms with E-state index in [1.54, 1.807) is 35.2 Å². The maximum absolute atomic E-state index is 8.78. The minimum atomic E-state index is 0.574. The van der Waals surface area contributed by atoms with Gasteiger partial charge in [0.25, 0.3) is 0 Å². The Morgan fingerprint density at radius 1 is 1.42 bits per heavy atom. The molecule has 4 nitrogen and oxygen atoms in total. The number of aromatic nitrogens is 2. The SMILES string of the molecule is CN(C)c1nnc(SCc2ccc(C#N)cc2Cl)s1. The zero-order chi connectivity index (χ0) is 13.8. The number of hydrogen-bond donors (Lipinski definition) is 0. The Morgan fingerprint density at radius 3 is 2.79 bits per heavy atom. The van der Waals surface area contributed by atoms with E-state index in [9.17, 15) is 0 Å². The quantitative estimate of drug-likeness (QED) is 0.810. The van der Waals surface area contributed by atoms with Crippen LogP contribution in [0.4, 0.5) is 5.13 Å². The Labute approximate surface area is 125 Å². The summed E-state index contributed by atoms with van der Waals surface area (Å²) in [5.74, 6) is 0.715. The van der Waals surface area contributed by atoms with Crippen LogP contribution in [0.2, 0.25) is 5.02 Å². The monoisotopic (exact) mass is 310 g/mol. The third-order valence-corrected chi connectivity index (χ3v) is 4.94. The molecule has 1 aromatic heterocycles. The minimum absolute atomic E-state index is 0.574. The van der Waals surface area contributed by atoms with Gasteiger partial charge in [0.05, 0.1) is 11.6 Å². The highest BCUT2D eigenvalue weighted by molar-refractivity contribution is 8.00. The van der Waals surface area contributed by atoms with Crippen LogP contribution in [0.1, 0.15) is 11.1 Å². The first kappa shape index (κ1) is 14.1. The van der Waals surface area contributed by atoms with E-state index in [0.717, 1.165) is 15.0 Å². The van der Waals surface area contributed by atoms with E-state index in [1.807, 2.05) is 25.1 Å². The van der Waals surface area contributed by atoms with Crippen LogP contribution in [0.5, 0.6) is 0 Å². The molecule has 2 aromatic rings. The van der Waals surface area contributed by atoms with E-state index >= 15 is 0 Å². The molecule has 2 rings (SSSR count). The van der Waals surface area contributed by atoms with E-state index in [2.05, 4.69) is 16.3 Å². The minimum Gasteiger partial charge on any atom is -0.353 e. The van der Waals surface area contributed by atoms with Crippen molar-refractivity contribution in [3.05, 3.63) is 34.3 Å². The topological polar surface area (TPSA) is 52.8 Å². The molecule has 0 radical (unpaired) electrons. The van der Waals surface area contributed by atoms with Crippen molar-refractivity contribution in [3.8, 4) is 6.07 Å². The van der Waals surface area contributed by atoms with Crippen molar-refractivity contribution >= 4 is 39.8 Å². The van der Waals surface area contributed by atoms with Gasteiger partial charge in [0, 0.05) is 24.9 Å². The maximum Gasteiger partial charge on any atom is 0.208 e. The summed E-state index contributed by atoms with van der Waals surface area (Å²) in [6.07, 6.45) is 0. The average Bonchev–Trinajstić information content (AvgIpc) is 2.86. The van der Waals surface area contributed by atoms with Gasteiger partial charge in [-0.3, -0.25) is 0 Å². The molecular weight excluding hydrogens is 300 g/mol. The number of hydrogen-bond acceptors (Lipinski definition) is 6. The van der Waals surface area contributed by atoms with Crippen LogP contribution in [-0.4, -0.2) is 24.3 Å². The third kappa shape index (κ3) is 3.60. The number of nitrogens with zero attached hydrogens (tertiary/aromatic N) is 4. The molecule has 19 heavy (non-hydrogen) atoms. The van der Waals surface area contributed by atoms with Gasteiger partial charge in [0.2, 0.25) is 5.13 Å². The molecule has 98 valence electrons. The van der Waals surface area contributed by atoms with Gasteiger partial charge in [-0.05, 0) is 17.7 Å². The molecule has 0 spiro atoms. The molecule has 0 aliphatic rings. The van der Waals surface area contributed by atoms with Gasteiger partial charge in [-0.25, -0.2) is 0 Å². The maximum atomic E-state index is 8.78. The first-order valence-electron chi connectivity index (χ1n) is 5.42. The number of thioether (sulfide) groups is 1. The van der Waals surface area contributed by atoms with Gasteiger partial charge >= 0.3 is 0 Å². The summed E-state index contributed by atoms with van der Waals surface area (Å²) in [6.45, 7) is 0. The van der Waals surface area contributed by atoms with Crippen LogP contribution >= 0.6 is 34.7 Å². The Bertz CT molecular complexity index is 618. The van der Waals surface area contributed by atoms with E-state index in [1.165, 1.54) is 0 Å². The summed E-state index contributed by atoms with van der Waals surface area (Å²) < 4.78 is 0.907. The lowest BCUT2D eigenvalue weighted by Crippen LogP contribution is -2.07. The highest BCUT2D eigenvalue weighted by Gasteiger charge is 2.08. The normalized spacial score (nSPS) is 10.2. The lowest BCUT2D eigenvalue weighted by atomic mass is 10.2. The van der Waals surface area contributed by atoms with Crippen molar-refractivity contribution < 1.29 is 0 Å². The highest BCUT2D eigenvalue weighted by atomic mass is 35.5. The van der Waals surface area contributed by atoms with Crippen molar-refractivity contribution in [2.24, 2.45) is 0 Å². The number of rotatable bonds is 4. The van der Waals surface area contributed by atoms with Crippen molar-refractivity contribution in [2.45, 2.75) is 10.1 Å². The molecular formula is C12H11ClN4S2. The lowest BCUT2D eigenvalue weighted by Gasteiger charge is -2.04. The second kappa shape index (κ2) is 6.24. The molecule has 7 heteroatoms. The van der Waals surface area contributed by atoms with Crippen LogP contribution in [0.15, 0.2) is 22.5 Å². The molecule has 0 saturated carbocycles. The third-order valence-electron chi connectivity index (χ3n) is 2.31. The molecule has 0 unspecified atom stereocenters. The first-order chi connectivity index (χ1) is 9.10. The summed E-state index contributed by atoms with van der Waals surface area (Å²) in [7, 11) is 3.87. The predicted molar refractivity (Wildman–Crippen MR) is 80.0 cm³/mol. The molecule has 0 saturated heterocycles. The van der Waals surface area contributed by atoms with Gasteiger partial charge in [-0.15, -0.1) is 10.2 Å². The fourth-order valence-corrected chi connectivity index (χ4v) is 3.41. The summed E-state index contributed by atoms with van der Waals surface area (Å²) >= 11 is 9.26. The molecule has 1 heterocycles. The van der Waals surface area contributed by atoms with E-state index in [-0.39, 0.29) is 0 Å². The molecule has 0 amide bonds. The Kier molecular flexibility index (Phi) is 4.64. The molecule has 0 fully saturated rings. The molecule has 0 aliphatic heterocycles. The van der Waals surface area contributed by atoms with E-state index in [0.29, 0.717) is 16.3 Å². The highest BCUT2D eigenvalue weighted by Crippen LogP contribution is 2.31. The van der Waals surface area contributed by atoms with Gasteiger partial charge in [-0.2, -0.15) is 5.26 Å². The van der Waals surface area contributed by atoms with Crippen LogP contribution in [0.3, 0.4) is 0 Å². The van der Waals surface area contributed by atoms with Crippen LogP contribution in [0.25, 0.3) is 0 Å². The fraction of sp³-hybridized carbons (Fsp3) is 0.250. The second-order valence-corrected chi connectivity index (χ2v) is 6.54. The summed E-state index contributed by atoms with van der Waals surface area (Å²) in [4.78, 5) is 1.93. The van der Waals surface area contributed by atoms with Gasteiger partial charge in [0.1, 0.15) is 0 Å². The van der Waals surface area contributed by atoms with E-state index < -0.39 is 0 Å². The van der Waals surface area contributed by atoms with Crippen LogP contribution < -0.4 is 4.90 Å². The van der Waals surface area contributed by atoms with Crippen molar-refractivity contribution in [3.63, 3.8) is 0 Å². The van der Waals surface area contributed by atoms with Crippen molar-refractivity contribution in [1.29, 1.82) is 5.26 Å². The first-order valence-corrected chi connectivity index (χ1v) is 7.60. The lowest BCUT2D eigenvalue weighted by molar-refractivity contribution is 0.972. The Hall–Kier alpha value is -1.29. The van der Waals surface area contributed by atoms with Gasteiger partial charge in [0.15, 0.2) is 4.34 Å². The van der Waals surface area contributed by atoms with Crippen molar-refractivity contribution in [2.75, 3.05) is 19.0 Å². The largest absolute Gasteiger partial charge is 0.353 e. The van der Waals surface area contributed by atoms with Gasteiger partial charge < -0.3 is 4.90 Å². The van der Waals surface area contributed by atoms with Crippen LogP contribution in [0, 0.1) is 11.3 Å². The molecule has 0 aliphatic carbocycles. The summed E-state index contributed by atoms with van der Waals surface area (Å²) in [5, 5.41) is 18.5. The molecule has 0 N–H and O–H groups in total. The molecule has 0 bridgehead atoms. The fourth-order valence-electron chi connectivity index (χ4n) is 1.31. The number of nitriles is 1. The van der Waals surface area contributed by atoms with Gasteiger partial charge in [-0.1, -0.05) is 40.8 Å². The second-order valence-electron chi connectivity index (χ2n) is 3.95. The zero-order valence-electron chi connectivity index (χ0n) is 10.4. The summed E-state index contributed by atoms with van der Waals surface area (Å²) in [6, 6.07) is 7.40. The number of benzene rings is 1. The molecule has 1 aromatic carbocycles. The molecule has 0 atom stereocenters. The number of halogens is 1. The van der Waals surface area contributed by atoms with Crippen molar-refractivity contribution in [1.82, 2.24) is 10.2 Å². The average molecular weight is 311 g/mol. The van der Waals surface area contributed by atoms with E-state index in [4.69, 9.17) is 16.9 Å². The standard InChI is InChI=1S/C12H11ClN4S2/c1-17(2)11-15-16-12(19-11)18-7-9-4-3-8(6-14)5-10(9)13/h3-5H,7H2,1-2H3. The predicted octanol–water partition coefficient (Wildman–Crippen LogP) is 3.42. The smallest absolute Gasteiger partial charge is 0.208 e. The summed E-state index contributed by atoms with van der Waals surface area (Å²) in [5.41, 5.74) is 1.57. The Balaban J connectivity index is 2.04. The van der Waals surface area contributed by atoms with Crippen LogP contribution in [-0.2, 0) is 5.75 Å². The Morgan fingerprint density at radius 2 is 2.21 bits per heavy atom.